The molecule has 0 aromatic carbocycles. The molecule has 4 aliphatic rings. The molecular weight excluding hydrogens is 354 g/mol. The maximum atomic E-state index is 12.6. The number of hydrogen-bond acceptors (Lipinski definition) is 5. The van der Waals surface area contributed by atoms with E-state index in [1.54, 1.807) is 13.1 Å². The van der Waals surface area contributed by atoms with Crippen LogP contribution in [0.3, 0.4) is 0 Å². The van der Waals surface area contributed by atoms with Gasteiger partial charge in [0.05, 0.1) is 6.61 Å². The summed E-state index contributed by atoms with van der Waals surface area (Å²) in [7, 11) is 0. The predicted molar refractivity (Wildman–Crippen MR) is 104 cm³/mol. The number of esters is 1. The van der Waals surface area contributed by atoms with Crippen molar-refractivity contribution in [3.8, 4) is 0 Å². The van der Waals surface area contributed by atoms with E-state index < -0.39 is 6.04 Å². The van der Waals surface area contributed by atoms with E-state index in [0.29, 0.717) is 19.4 Å². The van der Waals surface area contributed by atoms with Crippen LogP contribution in [0.25, 0.3) is 0 Å². The van der Waals surface area contributed by atoms with Crippen LogP contribution in [0.5, 0.6) is 0 Å². The minimum absolute atomic E-state index is 0.00684. The first-order valence-corrected chi connectivity index (χ1v) is 10.7. The van der Waals surface area contributed by atoms with Gasteiger partial charge >= 0.3 is 5.97 Å². The van der Waals surface area contributed by atoms with Gasteiger partial charge in [-0.1, -0.05) is 0 Å². The maximum absolute atomic E-state index is 12.6. The third-order valence-corrected chi connectivity index (χ3v) is 6.90. The van der Waals surface area contributed by atoms with Crippen LogP contribution < -0.4 is 5.32 Å². The highest BCUT2D eigenvalue weighted by Crippen LogP contribution is 2.61. The van der Waals surface area contributed by atoms with Crippen molar-refractivity contribution in [1.82, 2.24) is 15.3 Å². The number of carbonyl (C=O) groups is 2. The van der Waals surface area contributed by atoms with Crippen LogP contribution in [-0.4, -0.2) is 34.5 Å². The molecule has 4 fully saturated rings. The van der Waals surface area contributed by atoms with Gasteiger partial charge in [0.2, 0.25) is 5.91 Å². The van der Waals surface area contributed by atoms with Crippen molar-refractivity contribution in [2.45, 2.75) is 70.8 Å². The lowest BCUT2D eigenvalue weighted by Crippen LogP contribution is -2.49. The van der Waals surface area contributed by atoms with Crippen LogP contribution in [0.15, 0.2) is 18.6 Å². The largest absolute Gasteiger partial charge is 0.464 e. The molecule has 4 saturated carbocycles. The monoisotopic (exact) mass is 385 g/mol. The Morgan fingerprint density at radius 2 is 1.89 bits per heavy atom. The Bertz CT molecular complexity index is 671. The molecule has 1 atom stereocenters. The van der Waals surface area contributed by atoms with Gasteiger partial charge in [0.15, 0.2) is 0 Å². The van der Waals surface area contributed by atoms with E-state index >= 15 is 0 Å². The molecule has 6 heteroatoms. The van der Waals surface area contributed by atoms with Crippen molar-refractivity contribution >= 4 is 11.9 Å². The molecular formula is C22H31N3O3. The number of nitrogens with one attached hydrogen (secondary N) is 1. The van der Waals surface area contributed by atoms with Crippen molar-refractivity contribution < 1.29 is 14.3 Å². The molecule has 0 spiro atoms. The number of rotatable bonds is 8. The molecule has 1 heterocycles. The predicted octanol–water partition coefficient (Wildman–Crippen LogP) is 3.06. The first-order chi connectivity index (χ1) is 13.5. The number of hydrogen-bond donors (Lipinski definition) is 1. The lowest BCUT2D eigenvalue weighted by Gasteiger charge is -2.56. The van der Waals surface area contributed by atoms with Crippen LogP contribution in [0, 0.1) is 23.2 Å². The van der Waals surface area contributed by atoms with E-state index in [1.165, 1.54) is 44.9 Å². The lowest BCUT2D eigenvalue weighted by atomic mass is 9.49. The molecule has 1 aromatic heterocycles. The lowest BCUT2D eigenvalue weighted by molar-refractivity contribution is -0.148. The molecule has 0 radical (unpaired) electrons. The van der Waals surface area contributed by atoms with Crippen LogP contribution in [0.1, 0.15) is 64.0 Å². The fourth-order valence-corrected chi connectivity index (χ4v) is 6.22. The summed E-state index contributed by atoms with van der Waals surface area (Å²) >= 11 is 0. The molecule has 6 nitrogen and oxygen atoms in total. The quantitative estimate of drug-likeness (QED) is 0.549. The van der Waals surface area contributed by atoms with Crippen molar-refractivity contribution in [3.05, 3.63) is 24.3 Å². The zero-order chi connectivity index (χ0) is 19.6. The van der Waals surface area contributed by atoms with Gasteiger partial charge in [0, 0.05) is 18.3 Å². The highest BCUT2D eigenvalue weighted by molar-refractivity contribution is 5.84. The van der Waals surface area contributed by atoms with Crippen LogP contribution in [0.4, 0.5) is 0 Å². The Labute approximate surface area is 166 Å². The second kappa shape index (κ2) is 8.18. The second-order valence-corrected chi connectivity index (χ2v) is 9.36. The molecule has 5 rings (SSSR count). The highest BCUT2D eigenvalue weighted by atomic mass is 16.5. The molecule has 1 unspecified atom stereocenters. The molecule has 0 aliphatic heterocycles. The van der Waals surface area contributed by atoms with Crippen LogP contribution >= 0.6 is 0 Å². The molecule has 1 amide bonds. The third-order valence-electron chi connectivity index (χ3n) is 6.90. The summed E-state index contributed by atoms with van der Waals surface area (Å²) in [5, 5.41) is 2.88. The Morgan fingerprint density at radius 1 is 1.21 bits per heavy atom. The summed E-state index contributed by atoms with van der Waals surface area (Å²) in [5.74, 6) is 2.14. The van der Waals surface area contributed by atoms with Gasteiger partial charge in [-0.3, -0.25) is 4.79 Å². The van der Waals surface area contributed by atoms with E-state index in [9.17, 15) is 9.59 Å². The summed E-state index contributed by atoms with van der Waals surface area (Å²) < 4.78 is 5.32. The van der Waals surface area contributed by atoms with Crippen LogP contribution in [0.2, 0.25) is 0 Å². The SMILES string of the molecule is CC(NC(=O)CC12CC3CC(CC(C3)C1)C2)C(=O)OCCCc1ccncn1. The number of aromatic nitrogens is 2. The number of nitrogens with zero attached hydrogens (tertiary/aromatic N) is 2. The summed E-state index contributed by atoms with van der Waals surface area (Å²) in [5.41, 5.74) is 1.13. The summed E-state index contributed by atoms with van der Waals surface area (Å²) in [4.78, 5) is 32.8. The molecule has 1 aromatic rings. The number of carbonyl (C=O) groups excluding carboxylic acids is 2. The smallest absolute Gasteiger partial charge is 0.328 e. The van der Waals surface area contributed by atoms with Gasteiger partial charge in [0.1, 0.15) is 12.4 Å². The molecule has 28 heavy (non-hydrogen) atoms. The Morgan fingerprint density at radius 3 is 2.50 bits per heavy atom. The molecule has 0 saturated heterocycles. The minimum atomic E-state index is -0.597. The van der Waals surface area contributed by atoms with Crippen molar-refractivity contribution in [2.24, 2.45) is 23.2 Å². The average Bonchev–Trinajstić information content (AvgIpc) is 2.64. The average molecular weight is 386 g/mol. The van der Waals surface area contributed by atoms with Crippen LogP contribution in [-0.2, 0) is 20.7 Å². The first kappa shape index (κ1) is 19.3. The first-order valence-electron chi connectivity index (χ1n) is 10.7. The summed E-state index contributed by atoms with van der Waals surface area (Å²) in [6.45, 7) is 2.04. The standard InChI is InChI=1S/C22H31N3O3/c1-15(21(27)28-6-2-3-19-4-5-23-14-24-19)25-20(26)13-22-10-16-7-17(11-22)9-18(8-16)12-22/h4-5,14-18H,2-3,6-13H2,1H3,(H,25,26). The van der Waals surface area contributed by atoms with Gasteiger partial charge in [-0.2, -0.15) is 0 Å². The van der Waals surface area contributed by atoms with E-state index in [4.69, 9.17) is 4.74 Å². The molecule has 1 N–H and O–H groups in total. The second-order valence-electron chi connectivity index (χ2n) is 9.36. The number of ether oxygens (including phenoxy) is 1. The zero-order valence-electron chi connectivity index (χ0n) is 16.7. The topological polar surface area (TPSA) is 81.2 Å². The summed E-state index contributed by atoms with van der Waals surface area (Å²) in [6, 6.07) is 1.26. The van der Waals surface area contributed by atoms with Gasteiger partial charge < -0.3 is 10.1 Å². The van der Waals surface area contributed by atoms with Gasteiger partial charge in [0.25, 0.3) is 0 Å². The van der Waals surface area contributed by atoms with E-state index in [-0.39, 0.29) is 17.3 Å². The Balaban J connectivity index is 1.18. The van der Waals surface area contributed by atoms with E-state index in [1.807, 2.05) is 6.07 Å². The van der Waals surface area contributed by atoms with Gasteiger partial charge in [-0.05, 0) is 87.5 Å². The highest BCUT2D eigenvalue weighted by Gasteiger charge is 2.51. The Kier molecular flexibility index (Phi) is 5.65. The van der Waals surface area contributed by atoms with E-state index in [0.717, 1.165) is 29.9 Å². The minimum Gasteiger partial charge on any atom is -0.464 e. The third kappa shape index (κ3) is 4.53. The number of amides is 1. The molecule has 4 aliphatic carbocycles. The molecule has 4 bridgehead atoms. The fourth-order valence-electron chi connectivity index (χ4n) is 6.22. The van der Waals surface area contributed by atoms with Crippen molar-refractivity contribution in [1.29, 1.82) is 0 Å². The fraction of sp³-hybridized carbons (Fsp3) is 0.727. The number of aryl methyl sites for hydroxylation is 1. The zero-order valence-corrected chi connectivity index (χ0v) is 16.7. The summed E-state index contributed by atoms with van der Waals surface area (Å²) in [6.07, 6.45) is 13.0. The van der Waals surface area contributed by atoms with Gasteiger partial charge in [-0.25, -0.2) is 14.8 Å². The van der Waals surface area contributed by atoms with E-state index in [2.05, 4.69) is 15.3 Å². The van der Waals surface area contributed by atoms with Crippen molar-refractivity contribution in [2.75, 3.05) is 6.61 Å². The van der Waals surface area contributed by atoms with Crippen molar-refractivity contribution in [3.63, 3.8) is 0 Å². The Hall–Kier alpha value is -1.98. The maximum Gasteiger partial charge on any atom is 0.328 e. The van der Waals surface area contributed by atoms with Gasteiger partial charge in [-0.15, -0.1) is 0 Å². The molecule has 152 valence electrons. The normalized spacial score (nSPS) is 31.4.